The van der Waals surface area contributed by atoms with Crippen LogP contribution >= 0.6 is 0 Å². The van der Waals surface area contributed by atoms with Crippen LogP contribution in [0.25, 0.3) is 0 Å². The first kappa shape index (κ1) is 52.4. The topological polar surface area (TPSA) is 129 Å². The average molecular weight is 801 g/mol. The summed E-state index contributed by atoms with van der Waals surface area (Å²) >= 11 is 0. The molecule has 2 aromatic rings. The van der Waals surface area contributed by atoms with Crippen molar-refractivity contribution in [2.24, 2.45) is 0 Å². The molecule has 0 radical (unpaired) electrons. The Morgan fingerprint density at radius 2 is 1.14 bits per heavy atom. The van der Waals surface area contributed by atoms with Gasteiger partial charge in [-0.1, -0.05) is 162 Å². The van der Waals surface area contributed by atoms with Gasteiger partial charge in [-0.3, -0.25) is 0 Å². The van der Waals surface area contributed by atoms with Crippen molar-refractivity contribution in [3.05, 3.63) is 71.8 Å². The molecule has 1 saturated heterocycles. The number of aliphatic hydroxyl groups is 5. The summed E-state index contributed by atoms with van der Waals surface area (Å²) in [7, 11) is 1.58. The lowest BCUT2D eigenvalue weighted by molar-refractivity contribution is -0.146. The Morgan fingerprint density at radius 1 is 0.655 bits per heavy atom. The number of ether oxygens (including phenoxy) is 3. The number of aliphatic hydroxyl groups excluding tert-OH is 5. The second kappa shape index (κ2) is 31.3. The van der Waals surface area contributed by atoms with Crippen molar-refractivity contribution in [3.8, 4) is 47.4 Å². The molecule has 3 rings (SSSR count). The first-order valence-electron chi connectivity index (χ1n) is 21.1. The molecule has 0 aliphatic carbocycles. The highest BCUT2D eigenvalue weighted by Gasteiger charge is 2.40. The summed E-state index contributed by atoms with van der Waals surface area (Å²) in [5, 5.41) is 48.1. The van der Waals surface area contributed by atoms with Crippen molar-refractivity contribution < 1.29 is 39.7 Å². The number of methoxy groups -OCH3 is 1. The Morgan fingerprint density at radius 3 is 1.62 bits per heavy atom. The highest BCUT2D eigenvalue weighted by atomic mass is 16.7. The highest BCUT2D eigenvalue weighted by Crippen LogP contribution is 2.32. The Hall–Kier alpha value is -3.64. The second-order valence-electron chi connectivity index (χ2n) is 15.6. The van der Waals surface area contributed by atoms with E-state index in [0.29, 0.717) is 12.8 Å². The van der Waals surface area contributed by atoms with Gasteiger partial charge in [0.1, 0.15) is 12.2 Å². The van der Waals surface area contributed by atoms with E-state index in [9.17, 15) is 20.4 Å². The Labute approximate surface area is 351 Å². The van der Waals surface area contributed by atoms with E-state index >= 15 is 0 Å². The molecule has 0 saturated carbocycles. The van der Waals surface area contributed by atoms with Gasteiger partial charge in [0.25, 0.3) is 0 Å². The standard InChI is InChI=1S/C24H32O3.C21H28O3.C5H12O2/c1-4-5-6-7-13-18-22-23(27-24(2,3)26-22)19-14-9-12-17-21(25)20-15-10-8-11-16-20;1-2-3-4-5-10-16-20(23)21(24)17-12-7-11-15-19(22)18-13-8-6-9-14-18;1-5(2,4-6)7-3/h8,10-11,15-16,21-23,25H,4-7,13,18-19H2,1-3H3;6,8-9,13-14,19-24H,2-5,10,16-17H2,1H3;6H,4H2,1-3H3/t21-,22+,23+;19-,20+,21+;/m00./s1. The van der Waals surface area contributed by atoms with Crippen molar-refractivity contribution in [3.63, 3.8) is 0 Å². The summed E-state index contributed by atoms with van der Waals surface area (Å²) in [6.07, 6.45) is 11.1. The maximum absolute atomic E-state index is 10.0. The van der Waals surface area contributed by atoms with Gasteiger partial charge in [0, 0.05) is 20.0 Å². The van der Waals surface area contributed by atoms with Crippen molar-refractivity contribution >= 4 is 0 Å². The smallest absolute Gasteiger partial charge is 0.163 e. The van der Waals surface area contributed by atoms with Crippen molar-refractivity contribution in [1.82, 2.24) is 0 Å². The molecule has 1 aliphatic heterocycles. The molecule has 1 heterocycles. The first-order valence-corrected chi connectivity index (χ1v) is 21.1. The van der Waals surface area contributed by atoms with Crippen LogP contribution in [0.2, 0.25) is 0 Å². The van der Waals surface area contributed by atoms with Crippen LogP contribution in [0.1, 0.15) is 155 Å². The van der Waals surface area contributed by atoms with Gasteiger partial charge in [0.2, 0.25) is 0 Å². The molecule has 0 spiro atoms. The summed E-state index contributed by atoms with van der Waals surface area (Å²) < 4.78 is 16.9. The van der Waals surface area contributed by atoms with Crippen LogP contribution in [0.4, 0.5) is 0 Å². The molecule has 0 aromatic heterocycles. The van der Waals surface area contributed by atoms with Gasteiger partial charge < -0.3 is 39.7 Å². The van der Waals surface area contributed by atoms with E-state index in [1.165, 1.54) is 44.9 Å². The fraction of sp³-hybridized carbons (Fsp3) is 0.600. The van der Waals surface area contributed by atoms with Crippen molar-refractivity contribution in [1.29, 1.82) is 0 Å². The number of hydrogen-bond donors (Lipinski definition) is 5. The number of unbranched alkanes of at least 4 members (excludes halogenated alkanes) is 8. The van der Waals surface area contributed by atoms with Gasteiger partial charge in [-0.15, -0.1) is 0 Å². The molecular formula is C50H72O8. The zero-order valence-electron chi connectivity index (χ0n) is 36.3. The van der Waals surface area contributed by atoms with Crippen LogP contribution in [0.15, 0.2) is 60.7 Å². The third-order valence-corrected chi connectivity index (χ3v) is 9.42. The van der Waals surface area contributed by atoms with E-state index in [1.54, 1.807) is 19.2 Å². The summed E-state index contributed by atoms with van der Waals surface area (Å²) in [6, 6.07) is 18.5. The predicted molar refractivity (Wildman–Crippen MR) is 234 cm³/mol. The van der Waals surface area contributed by atoms with E-state index < -0.39 is 30.2 Å². The fourth-order valence-corrected chi connectivity index (χ4v) is 5.67. The van der Waals surface area contributed by atoms with Crippen LogP contribution in [-0.4, -0.2) is 75.1 Å². The van der Waals surface area contributed by atoms with Crippen LogP contribution in [0.5, 0.6) is 0 Å². The van der Waals surface area contributed by atoms with E-state index in [4.69, 9.17) is 19.3 Å². The zero-order chi connectivity index (χ0) is 43.1. The molecule has 0 unspecified atom stereocenters. The Bertz CT molecular complexity index is 1590. The molecule has 6 atom stereocenters. The Balaban J connectivity index is 0.000000501. The average Bonchev–Trinajstić information content (AvgIpc) is 3.53. The molecule has 1 fully saturated rings. The molecule has 0 bridgehead atoms. The third-order valence-electron chi connectivity index (χ3n) is 9.42. The molecule has 8 heteroatoms. The van der Waals surface area contributed by atoms with Gasteiger partial charge in [0.05, 0.1) is 36.6 Å². The summed E-state index contributed by atoms with van der Waals surface area (Å²) in [4.78, 5) is 0. The van der Waals surface area contributed by atoms with Crippen molar-refractivity contribution in [2.45, 2.75) is 179 Å². The summed E-state index contributed by atoms with van der Waals surface area (Å²) in [5.74, 6) is 21.5. The first-order chi connectivity index (χ1) is 27.8. The number of benzene rings is 2. The van der Waals surface area contributed by atoms with Crippen molar-refractivity contribution in [2.75, 3.05) is 13.7 Å². The molecule has 58 heavy (non-hydrogen) atoms. The van der Waals surface area contributed by atoms with Crippen LogP contribution in [-0.2, 0) is 14.2 Å². The molecule has 320 valence electrons. The largest absolute Gasteiger partial charge is 0.393 e. The van der Waals surface area contributed by atoms with Gasteiger partial charge in [0.15, 0.2) is 5.79 Å². The summed E-state index contributed by atoms with van der Waals surface area (Å²) in [6.45, 7) is 12.0. The minimum absolute atomic E-state index is 0.0143. The van der Waals surface area contributed by atoms with E-state index in [2.05, 4.69) is 61.2 Å². The SMILES string of the molecule is CCCCCCC[C@@H](O)[C@H](O)CC#CC#C[C@H](O)c1ccccc1.CCCCCCC[C@H]1OC(C)(C)O[C@@H]1CC#CC#C[C@H](O)c1ccccc1.COC(C)(C)CO. The summed E-state index contributed by atoms with van der Waals surface area (Å²) in [5.41, 5.74) is 1.15. The molecule has 1 aliphatic rings. The molecule has 8 nitrogen and oxygen atoms in total. The predicted octanol–water partition coefficient (Wildman–Crippen LogP) is 8.60. The van der Waals surface area contributed by atoms with Crippen LogP contribution in [0.3, 0.4) is 0 Å². The second-order valence-corrected chi connectivity index (χ2v) is 15.6. The zero-order valence-corrected chi connectivity index (χ0v) is 36.3. The van der Waals surface area contributed by atoms with Gasteiger partial charge in [-0.05, 0) is 75.3 Å². The lowest BCUT2D eigenvalue weighted by atomic mass is 10.0. The minimum Gasteiger partial charge on any atom is -0.393 e. The van der Waals surface area contributed by atoms with Crippen LogP contribution in [0, 0.1) is 47.4 Å². The number of rotatable bonds is 19. The molecule has 0 amide bonds. The Kier molecular flexibility index (Phi) is 28.3. The maximum atomic E-state index is 10.0. The molecule has 2 aromatic carbocycles. The van der Waals surface area contributed by atoms with Gasteiger partial charge in [-0.25, -0.2) is 0 Å². The monoisotopic (exact) mass is 801 g/mol. The maximum Gasteiger partial charge on any atom is 0.163 e. The van der Waals surface area contributed by atoms with E-state index in [-0.39, 0.29) is 30.8 Å². The fourth-order valence-electron chi connectivity index (χ4n) is 5.67. The minimum atomic E-state index is -0.862. The van der Waals surface area contributed by atoms with Gasteiger partial charge in [-0.2, -0.15) is 0 Å². The highest BCUT2D eigenvalue weighted by molar-refractivity contribution is 5.33. The molecular weight excluding hydrogens is 729 g/mol. The molecule has 5 N–H and O–H groups in total. The lowest BCUT2D eigenvalue weighted by Crippen LogP contribution is -2.26. The third kappa shape index (κ3) is 25.0. The number of hydrogen-bond acceptors (Lipinski definition) is 8. The van der Waals surface area contributed by atoms with E-state index in [0.717, 1.165) is 36.8 Å². The lowest BCUT2D eigenvalue weighted by Gasteiger charge is -2.18. The van der Waals surface area contributed by atoms with E-state index in [1.807, 2.05) is 76.2 Å². The normalized spacial score (nSPS) is 17.2. The quantitative estimate of drug-likeness (QED) is 0.0707. The van der Waals surface area contributed by atoms with Gasteiger partial charge >= 0.3 is 0 Å². The van der Waals surface area contributed by atoms with Crippen LogP contribution < -0.4 is 0 Å².